The molecule has 0 saturated carbocycles. The largest absolute Gasteiger partial charge is 0.373 e. The van der Waals surface area contributed by atoms with Gasteiger partial charge in [-0.25, -0.2) is 4.98 Å². The fraction of sp³-hybridized carbons (Fsp3) is 0.588. The third-order valence-corrected chi connectivity index (χ3v) is 4.92. The minimum atomic E-state index is 0.0276. The third kappa shape index (κ3) is 2.73. The van der Waals surface area contributed by atoms with E-state index >= 15 is 0 Å². The van der Waals surface area contributed by atoms with Gasteiger partial charge in [-0.3, -0.25) is 9.48 Å². The van der Waals surface area contributed by atoms with E-state index in [0.29, 0.717) is 24.9 Å². The first kappa shape index (κ1) is 15.4. The van der Waals surface area contributed by atoms with E-state index in [0.717, 1.165) is 50.4 Å². The highest BCUT2D eigenvalue weighted by Gasteiger charge is 2.28. The van der Waals surface area contributed by atoms with Gasteiger partial charge in [0.2, 0.25) is 0 Å². The quantitative estimate of drug-likeness (QED) is 0.859. The van der Waals surface area contributed by atoms with Gasteiger partial charge in [-0.2, -0.15) is 5.10 Å². The maximum absolute atomic E-state index is 12.9. The molecule has 1 fully saturated rings. The topological polar surface area (TPSA) is 65.2 Å². The molecule has 2 aromatic heterocycles. The summed E-state index contributed by atoms with van der Waals surface area (Å²) >= 11 is 0. The maximum atomic E-state index is 12.9. The van der Waals surface area contributed by atoms with Crippen molar-refractivity contribution in [2.45, 2.75) is 45.4 Å². The average molecular weight is 329 g/mol. The molecule has 0 unspecified atom stereocenters. The van der Waals surface area contributed by atoms with Gasteiger partial charge in [0.05, 0.1) is 31.5 Å². The van der Waals surface area contributed by atoms with Crippen LogP contribution in [0.15, 0.2) is 18.5 Å². The summed E-state index contributed by atoms with van der Waals surface area (Å²) in [5.41, 5.74) is 1.53. The lowest BCUT2D eigenvalue weighted by atomic mass is 10.0. The van der Waals surface area contributed by atoms with Crippen LogP contribution in [0.25, 0.3) is 0 Å². The smallest absolute Gasteiger partial charge is 0.274 e. The Morgan fingerprint density at radius 3 is 3.17 bits per heavy atom. The van der Waals surface area contributed by atoms with Crippen molar-refractivity contribution in [3.05, 3.63) is 35.7 Å². The zero-order valence-corrected chi connectivity index (χ0v) is 14.0. The van der Waals surface area contributed by atoms with E-state index < -0.39 is 0 Å². The van der Waals surface area contributed by atoms with Crippen LogP contribution in [0.1, 0.15) is 47.8 Å². The van der Waals surface area contributed by atoms with Gasteiger partial charge in [0.25, 0.3) is 5.91 Å². The van der Waals surface area contributed by atoms with Crippen molar-refractivity contribution in [3.63, 3.8) is 0 Å². The lowest BCUT2D eigenvalue weighted by Crippen LogP contribution is -2.41. The number of hydrogen-bond acceptors (Lipinski definition) is 4. The van der Waals surface area contributed by atoms with E-state index in [2.05, 4.69) is 21.6 Å². The summed E-state index contributed by atoms with van der Waals surface area (Å²) in [6, 6.07) is 2.18. The Labute approximate surface area is 141 Å². The van der Waals surface area contributed by atoms with E-state index in [1.54, 1.807) is 0 Å². The van der Waals surface area contributed by atoms with E-state index in [1.165, 1.54) is 0 Å². The van der Waals surface area contributed by atoms with Crippen molar-refractivity contribution in [1.82, 2.24) is 24.2 Å². The second-order valence-corrected chi connectivity index (χ2v) is 6.45. The summed E-state index contributed by atoms with van der Waals surface area (Å²) in [6.45, 7) is 5.56. The minimum Gasteiger partial charge on any atom is -0.373 e. The Balaban J connectivity index is 1.51. The zero-order chi connectivity index (χ0) is 16.5. The molecule has 2 aliphatic rings. The Hall–Kier alpha value is -2.15. The molecule has 0 N–H and O–H groups in total. The molecule has 0 aliphatic carbocycles. The van der Waals surface area contributed by atoms with Gasteiger partial charge in [0, 0.05) is 31.9 Å². The predicted octanol–water partition coefficient (Wildman–Crippen LogP) is 1.65. The van der Waals surface area contributed by atoms with Crippen molar-refractivity contribution in [2.75, 3.05) is 19.7 Å². The Bertz CT molecular complexity index is 712. The number of aromatic nitrogens is 4. The van der Waals surface area contributed by atoms with Crippen LogP contribution in [0.3, 0.4) is 0 Å². The fourth-order valence-electron chi connectivity index (χ4n) is 3.68. The highest BCUT2D eigenvalue weighted by molar-refractivity contribution is 5.92. The summed E-state index contributed by atoms with van der Waals surface area (Å²) in [5.74, 6) is 1.11. The molecule has 1 amide bonds. The van der Waals surface area contributed by atoms with E-state index in [1.807, 2.05) is 28.0 Å². The van der Waals surface area contributed by atoms with Crippen LogP contribution in [0, 0.1) is 0 Å². The van der Waals surface area contributed by atoms with E-state index in [9.17, 15) is 4.79 Å². The van der Waals surface area contributed by atoms with Gasteiger partial charge in [-0.1, -0.05) is 6.92 Å². The molecule has 0 aromatic carbocycles. The molecular formula is C17H23N5O2. The van der Waals surface area contributed by atoms with Gasteiger partial charge in [0.1, 0.15) is 5.82 Å². The van der Waals surface area contributed by atoms with Crippen LogP contribution < -0.4 is 0 Å². The van der Waals surface area contributed by atoms with Gasteiger partial charge in [0.15, 0.2) is 5.69 Å². The van der Waals surface area contributed by atoms with Crippen LogP contribution in [0.4, 0.5) is 0 Å². The molecule has 2 aliphatic heterocycles. The van der Waals surface area contributed by atoms with Gasteiger partial charge in [-0.05, 0) is 18.9 Å². The van der Waals surface area contributed by atoms with Crippen LogP contribution in [-0.2, 0) is 24.3 Å². The SMILES string of the molecule is CCc1nccn1[C@H]1CCCN(C(=O)c2cc3n(n2)CCOC3)C1. The molecule has 7 heteroatoms. The highest BCUT2D eigenvalue weighted by atomic mass is 16.5. The third-order valence-electron chi connectivity index (χ3n) is 4.92. The molecule has 1 saturated heterocycles. The number of nitrogens with zero attached hydrogens (tertiary/aromatic N) is 5. The fourth-order valence-corrected chi connectivity index (χ4v) is 3.68. The molecule has 128 valence electrons. The molecule has 24 heavy (non-hydrogen) atoms. The number of imidazole rings is 1. The van der Waals surface area contributed by atoms with Gasteiger partial charge >= 0.3 is 0 Å². The normalized spacial score (nSPS) is 20.9. The summed E-state index contributed by atoms with van der Waals surface area (Å²) in [6.07, 6.45) is 6.88. The Kier molecular flexibility index (Phi) is 4.10. The number of piperidine rings is 1. The Morgan fingerprint density at radius 1 is 1.42 bits per heavy atom. The lowest BCUT2D eigenvalue weighted by molar-refractivity contribution is 0.0667. The van der Waals surface area contributed by atoms with Crippen molar-refractivity contribution < 1.29 is 9.53 Å². The number of aryl methyl sites for hydroxylation is 1. The van der Waals surface area contributed by atoms with E-state index in [4.69, 9.17) is 4.74 Å². The summed E-state index contributed by atoms with van der Waals surface area (Å²) in [4.78, 5) is 19.2. The molecule has 0 radical (unpaired) electrons. The molecule has 4 heterocycles. The minimum absolute atomic E-state index is 0.0276. The van der Waals surface area contributed by atoms with Gasteiger partial charge in [-0.15, -0.1) is 0 Å². The Morgan fingerprint density at radius 2 is 2.33 bits per heavy atom. The van der Waals surface area contributed by atoms with Crippen LogP contribution >= 0.6 is 0 Å². The molecule has 2 aromatic rings. The van der Waals surface area contributed by atoms with Crippen molar-refractivity contribution >= 4 is 5.91 Å². The van der Waals surface area contributed by atoms with Gasteiger partial charge < -0.3 is 14.2 Å². The molecule has 7 nitrogen and oxygen atoms in total. The first-order valence-electron chi connectivity index (χ1n) is 8.71. The molecule has 0 spiro atoms. The number of likely N-dealkylation sites (tertiary alicyclic amines) is 1. The highest BCUT2D eigenvalue weighted by Crippen LogP contribution is 2.24. The lowest BCUT2D eigenvalue weighted by Gasteiger charge is -2.33. The van der Waals surface area contributed by atoms with Crippen molar-refractivity contribution in [2.24, 2.45) is 0 Å². The summed E-state index contributed by atoms with van der Waals surface area (Å²) in [5, 5.41) is 4.47. The van der Waals surface area contributed by atoms with Crippen molar-refractivity contribution in [1.29, 1.82) is 0 Å². The van der Waals surface area contributed by atoms with E-state index in [-0.39, 0.29) is 5.91 Å². The molecule has 1 atom stereocenters. The average Bonchev–Trinajstić information content (AvgIpc) is 3.27. The first-order valence-corrected chi connectivity index (χ1v) is 8.71. The first-order chi connectivity index (χ1) is 11.8. The predicted molar refractivity (Wildman–Crippen MR) is 87.7 cm³/mol. The summed E-state index contributed by atoms with van der Waals surface area (Å²) in [7, 11) is 0. The van der Waals surface area contributed by atoms with Crippen LogP contribution in [0.5, 0.6) is 0 Å². The number of amides is 1. The van der Waals surface area contributed by atoms with Crippen molar-refractivity contribution in [3.8, 4) is 0 Å². The number of hydrogen-bond donors (Lipinski definition) is 0. The number of carbonyl (C=O) groups excluding carboxylic acids is 1. The second-order valence-electron chi connectivity index (χ2n) is 6.45. The zero-order valence-electron chi connectivity index (χ0n) is 14.0. The van der Waals surface area contributed by atoms with Crippen LogP contribution in [0.2, 0.25) is 0 Å². The molecular weight excluding hydrogens is 306 g/mol. The molecule has 0 bridgehead atoms. The standard InChI is InChI=1S/C17H23N5O2/c1-2-16-18-5-7-21(16)13-4-3-6-20(11-13)17(23)15-10-14-12-24-9-8-22(14)19-15/h5,7,10,13H,2-4,6,8-9,11-12H2,1H3/t13-/m0/s1. The van der Waals surface area contributed by atoms with Crippen LogP contribution in [-0.4, -0.2) is 49.8 Å². The number of ether oxygens (including phenoxy) is 1. The number of fused-ring (bicyclic) bond motifs is 1. The second kappa shape index (κ2) is 6.39. The summed E-state index contributed by atoms with van der Waals surface area (Å²) < 4.78 is 9.55. The molecule has 4 rings (SSSR count). The number of rotatable bonds is 3. The number of carbonyl (C=O) groups is 1. The maximum Gasteiger partial charge on any atom is 0.274 e. The monoisotopic (exact) mass is 329 g/mol.